The standard InChI is InChI=1S/C22H20N2O2.C15H15NO/c1-15(2)20-13-12-19(14-23-20)24-22(26)18-10-8-17(9-11-18)21(25)16-6-4-3-5-7-16;1-11(2)14-9-8-13(10-16-14)15(17)12-6-4-3-5-7-12/h3-15H,1-2H3,(H,24,26);3-11H,1-2H3. The van der Waals surface area contributed by atoms with Crippen LogP contribution in [-0.2, 0) is 0 Å². The highest BCUT2D eigenvalue weighted by Gasteiger charge is 2.12. The number of amides is 1. The first-order valence-corrected chi connectivity index (χ1v) is 14.3. The van der Waals surface area contributed by atoms with Gasteiger partial charge in [-0.1, -0.05) is 100 Å². The van der Waals surface area contributed by atoms with Crippen molar-refractivity contribution >= 4 is 23.2 Å². The first-order chi connectivity index (χ1) is 20.7. The fourth-order valence-corrected chi connectivity index (χ4v) is 4.19. The second-order valence-corrected chi connectivity index (χ2v) is 10.7. The Bertz CT molecular complexity index is 1650. The number of carbonyl (C=O) groups excluding carboxylic acids is 3. The van der Waals surface area contributed by atoms with E-state index in [-0.39, 0.29) is 17.5 Å². The molecule has 43 heavy (non-hydrogen) atoms. The maximum absolute atomic E-state index is 12.4. The van der Waals surface area contributed by atoms with Gasteiger partial charge in [0.1, 0.15) is 0 Å². The van der Waals surface area contributed by atoms with Gasteiger partial charge in [-0.3, -0.25) is 24.4 Å². The van der Waals surface area contributed by atoms with Gasteiger partial charge in [0.2, 0.25) is 0 Å². The molecule has 3 aromatic carbocycles. The Morgan fingerprint density at radius 1 is 0.488 bits per heavy atom. The summed E-state index contributed by atoms with van der Waals surface area (Å²) >= 11 is 0. The number of ketones is 2. The van der Waals surface area contributed by atoms with Crippen molar-refractivity contribution in [2.75, 3.05) is 5.32 Å². The minimum Gasteiger partial charge on any atom is -0.321 e. The monoisotopic (exact) mass is 569 g/mol. The van der Waals surface area contributed by atoms with E-state index in [1.165, 1.54) is 0 Å². The minimum atomic E-state index is -0.234. The number of rotatable bonds is 8. The number of carbonyl (C=O) groups is 3. The molecule has 6 nitrogen and oxygen atoms in total. The van der Waals surface area contributed by atoms with Crippen LogP contribution in [0.5, 0.6) is 0 Å². The van der Waals surface area contributed by atoms with Crippen LogP contribution in [0.1, 0.15) is 93.1 Å². The van der Waals surface area contributed by atoms with Gasteiger partial charge in [-0.15, -0.1) is 0 Å². The molecule has 5 rings (SSSR count). The molecule has 2 heterocycles. The van der Waals surface area contributed by atoms with E-state index >= 15 is 0 Å². The zero-order chi connectivity index (χ0) is 30.8. The van der Waals surface area contributed by atoms with Crippen molar-refractivity contribution in [2.45, 2.75) is 39.5 Å². The van der Waals surface area contributed by atoms with Gasteiger partial charge in [0.05, 0.1) is 11.9 Å². The summed E-state index contributed by atoms with van der Waals surface area (Å²) in [6.45, 7) is 8.31. The van der Waals surface area contributed by atoms with Gasteiger partial charge in [0, 0.05) is 45.4 Å². The zero-order valence-corrected chi connectivity index (χ0v) is 24.8. The Morgan fingerprint density at radius 3 is 1.35 bits per heavy atom. The molecule has 6 heteroatoms. The largest absolute Gasteiger partial charge is 0.321 e. The van der Waals surface area contributed by atoms with Crippen LogP contribution in [0.2, 0.25) is 0 Å². The fraction of sp³-hybridized carbons (Fsp3) is 0.162. The van der Waals surface area contributed by atoms with Crippen LogP contribution in [-0.4, -0.2) is 27.4 Å². The molecular weight excluding hydrogens is 534 g/mol. The number of aromatic nitrogens is 2. The van der Waals surface area contributed by atoms with Crippen molar-refractivity contribution < 1.29 is 14.4 Å². The quantitative estimate of drug-likeness (QED) is 0.191. The number of hydrogen-bond acceptors (Lipinski definition) is 5. The number of nitrogens with one attached hydrogen (secondary N) is 1. The SMILES string of the molecule is CC(C)c1ccc(C(=O)c2ccccc2)cn1.CC(C)c1ccc(NC(=O)c2ccc(C(=O)c3ccccc3)cc2)cn1. The average molecular weight is 570 g/mol. The molecule has 0 aliphatic heterocycles. The summed E-state index contributed by atoms with van der Waals surface area (Å²) < 4.78 is 0. The molecule has 1 N–H and O–H groups in total. The topological polar surface area (TPSA) is 89.0 Å². The lowest BCUT2D eigenvalue weighted by atomic mass is 10.0. The molecule has 5 aromatic rings. The third-order valence-corrected chi connectivity index (χ3v) is 6.76. The summed E-state index contributed by atoms with van der Waals surface area (Å²) in [7, 11) is 0. The van der Waals surface area contributed by atoms with Gasteiger partial charge in [-0.2, -0.15) is 0 Å². The van der Waals surface area contributed by atoms with Crippen LogP contribution in [0.3, 0.4) is 0 Å². The summed E-state index contributed by atoms with van der Waals surface area (Å²) in [4.78, 5) is 45.5. The molecule has 0 atom stereocenters. The number of hydrogen-bond donors (Lipinski definition) is 1. The number of pyridine rings is 2. The highest BCUT2D eigenvalue weighted by Crippen LogP contribution is 2.17. The number of nitrogens with zero attached hydrogens (tertiary/aromatic N) is 2. The van der Waals surface area contributed by atoms with E-state index in [2.05, 4.69) is 43.0 Å². The molecule has 0 saturated heterocycles. The normalized spacial score (nSPS) is 10.6. The Balaban J connectivity index is 0.000000215. The van der Waals surface area contributed by atoms with E-state index in [9.17, 15) is 14.4 Å². The maximum Gasteiger partial charge on any atom is 0.255 e. The number of benzene rings is 3. The first kappa shape index (κ1) is 30.7. The van der Waals surface area contributed by atoms with Crippen molar-refractivity contribution in [3.8, 4) is 0 Å². The Hall–Kier alpha value is -5.23. The predicted molar refractivity (Wildman–Crippen MR) is 171 cm³/mol. The zero-order valence-electron chi connectivity index (χ0n) is 24.8. The molecule has 2 aromatic heterocycles. The molecule has 0 aliphatic rings. The van der Waals surface area contributed by atoms with E-state index in [0.717, 1.165) is 11.4 Å². The summed E-state index contributed by atoms with van der Waals surface area (Å²) in [6, 6.07) is 32.5. The lowest BCUT2D eigenvalue weighted by Gasteiger charge is -2.08. The molecule has 0 saturated carbocycles. The van der Waals surface area contributed by atoms with E-state index < -0.39 is 0 Å². The van der Waals surface area contributed by atoms with Crippen LogP contribution >= 0.6 is 0 Å². The second-order valence-electron chi connectivity index (χ2n) is 10.7. The fourth-order valence-electron chi connectivity index (χ4n) is 4.19. The van der Waals surface area contributed by atoms with Gasteiger partial charge in [-0.05, 0) is 48.2 Å². The minimum absolute atomic E-state index is 0.0217. The molecule has 0 unspecified atom stereocenters. The Morgan fingerprint density at radius 2 is 0.907 bits per heavy atom. The van der Waals surface area contributed by atoms with Crippen molar-refractivity contribution in [1.29, 1.82) is 0 Å². The average Bonchev–Trinajstić information content (AvgIpc) is 3.05. The van der Waals surface area contributed by atoms with Gasteiger partial charge in [-0.25, -0.2) is 0 Å². The van der Waals surface area contributed by atoms with Crippen LogP contribution in [0.15, 0.2) is 122 Å². The van der Waals surface area contributed by atoms with Crippen molar-refractivity contribution in [1.82, 2.24) is 9.97 Å². The lowest BCUT2D eigenvalue weighted by Crippen LogP contribution is -2.12. The van der Waals surface area contributed by atoms with Gasteiger partial charge < -0.3 is 5.32 Å². The lowest BCUT2D eigenvalue weighted by molar-refractivity contribution is 0.101. The van der Waals surface area contributed by atoms with E-state index in [0.29, 0.717) is 45.3 Å². The van der Waals surface area contributed by atoms with E-state index in [4.69, 9.17) is 0 Å². The van der Waals surface area contributed by atoms with Gasteiger partial charge >= 0.3 is 0 Å². The summed E-state index contributed by atoms with van der Waals surface area (Å²) in [5.74, 6) is 0.451. The molecule has 0 fully saturated rings. The van der Waals surface area contributed by atoms with Gasteiger partial charge in [0.25, 0.3) is 5.91 Å². The van der Waals surface area contributed by atoms with E-state index in [1.54, 1.807) is 48.8 Å². The van der Waals surface area contributed by atoms with Crippen molar-refractivity contribution in [3.63, 3.8) is 0 Å². The Kier molecular flexibility index (Phi) is 10.4. The first-order valence-electron chi connectivity index (χ1n) is 14.3. The number of anilines is 1. The highest BCUT2D eigenvalue weighted by molar-refractivity contribution is 6.10. The smallest absolute Gasteiger partial charge is 0.255 e. The second kappa shape index (κ2) is 14.6. The molecule has 0 spiro atoms. The van der Waals surface area contributed by atoms with E-state index in [1.807, 2.05) is 72.8 Å². The molecule has 0 bridgehead atoms. The molecule has 216 valence electrons. The van der Waals surface area contributed by atoms with Crippen molar-refractivity contribution in [2.24, 2.45) is 0 Å². The summed E-state index contributed by atoms with van der Waals surface area (Å²) in [6.07, 6.45) is 3.31. The third-order valence-electron chi connectivity index (χ3n) is 6.76. The highest BCUT2D eigenvalue weighted by atomic mass is 16.1. The predicted octanol–water partition coefficient (Wildman–Crippen LogP) is 8.12. The van der Waals surface area contributed by atoms with Gasteiger partial charge in [0.15, 0.2) is 11.6 Å². The van der Waals surface area contributed by atoms with Crippen LogP contribution < -0.4 is 5.32 Å². The van der Waals surface area contributed by atoms with Crippen molar-refractivity contribution in [3.05, 3.63) is 161 Å². The molecule has 0 radical (unpaired) electrons. The summed E-state index contributed by atoms with van der Waals surface area (Å²) in [5, 5.41) is 2.82. The van der Waals surface area contributed by atoms with Crippen LogP contribution in [0.4, 0.5) is 5.69 Å². The summed E-state index contributed by atoms with van der Waals surface area (Å²) in [5.41, 5.74) is 5.64. The third kappa shape index (κ3) is 8.39. The molecule has 1 amide bonds. The van der Waals surface area contributed by atoms with Crippen LogP contribution in [0.25, 0.3) is 0 Å². The maximum atomic E-state index is 12.4. The van der Waals surface area contributed by atoms with Crippen LogP contribution in [0, 0.1) is 0 Å². The molecular formula is C37H35N3O3. The molecule has 0 aliphatic carbocycles. The Labute approximate surface area is 252 Å².